The second-order valence-corrected chi connectivity index (χ2v) is 5.10. The number of benzene rings is 1. The highest BCUT2D eigenvalue weighted by Crippen LogP contribution is 2.43. The van der Waals surface area contributed by atoms with Crippen molar-refractivity contribution >= 4 is 24.0 Å². The zero-order valence-corrected chi connectivity index (χ0v) is 10.5. The number of carboxylic acid groups (broad SMARTS) is 1. The molecule has 1 amide bonds. The summed E-state index contributed by atoms with van der Waals surface area (Å²) in [6.45, 7) is 0. The number of rotatable bonds is 5. The van der Waals surface area contributed by atoms with Crippen LogP contribution in [-0.2, 0) is 11.2 Å². The van der Waals surface area contributed by atoms with Gasteiger partial charge in [0.05, 0.1) is 5.54 Å². The Labute approximate surface area is 110 Å². The third-order valence-electron chi connectivity index (χ3n) is 3.39. The van der Waals surface area contributed by atoms with Crippen molar-refractivity contribution in [1.29, 1.82) is 0 Å². The molecule has 0 spiro atoms. The maximum atomic E-state index is 11.2. The summed E-state index contributed by atoms with van der Waals surface area (Å²) in [6.07, 6.45) is 1.74. The first kappa shape index (κ1) is 12.9. The molecule has 18 heavy (non-hydrogen) atoms. The summed E-state index contributed by atoms with van der Waals surface area (Å²) in [4.78, 5) is 21.9. The van der Waals surface area contributed by atoms with Gasteiger partial charge in [0.2, 0.25) is 0 Å². The quantitative estimate of drug-likeness (QED) is 0.806. The van der Waals surface area contributed by atoms with Crippen LogP contribution in [-0.4, -0.2) is 23.0 Å². The molecule has 1 aromatic carbocycles. The number of aldehydes is 1. The standard InChI is InChI=1S/C13H14ClNO3/c14-11-3-1-9(2-4-11)7-10(8-16)13(5-6-13)15-12(17)18/h1-4,8,10,15H,5-7H2,(H,17,18). The summed E-state index contributed by atoms with van der Waals surface area (Å²) in [5, 5.41) is 11.9. The third kappa shape index (κ3) is 2.82. The molecule has 0 aromatic heterocycles. The van der Waals surface area contributed by atoms with Gasteiger partial charge in [-0.05, 0) is 37.0 Å². The van der Waals surface area contributed by atoms with E-state index in [0.29, 0.717) is 11.4 Å². The lowest BCUT2D eigenvalue weighted by atomic mass is 9.91. The van der Waals surface area contributed by atoms with Crippen LogP contribution in [0.15, 0.2) is 24.3 Å². The van der Waals surface area contributed by atoms with Gasteiger partial charge in [-0.3, -0.25) is 0 Å². The lowest BCUT2D eigenvalue weighted by Gasteiger charge is -2.22. The number of halogens is 1. The molecule has 4 nitrogen and oxygen atoms in total. The Morgan fingerprint density at radius 1 is 1.44 bits per heavy atom. The Hall–Kier alpha value is -1.55. The molecule has 0 bridgehead atoms. The molecule has 1 fully saturated rings. The Bertz CT molecular complexity index is 454. The number of carbonyl (C=O) groups excluding carboxylic acids is 1. The van der Waals surface area contributed by atoms with E-state index in [1.165, 1.54) is 0 Å². The molecule has 2 N–H and O–H groups in total. The molecule has 0 heterocycles. The van der Waals surface area contributed by atoms with Crippen molar-refractivity contribution in [2.75, 3.05) is 0 Å². The van der Waals surface area contributed by atoms with Crippen LogP contribution in [0.1, 0.15) is 18.4 Å². The van der Waals surface area contributed by atoms with Gasteiger partial charge in [0.1, 0.15) is 6.29 Å². The minimum atomic E-state index is -1.07. The minimum absolute atomic E-state index is 0.324. The van der Waals surface area contributed by atoms with Gasteiger partial charge < -0.3 is 15.2 Å². The van der Waals surface area contributed by atoms with Crippen LogP contribution in [0.2, 0.25) is 5.02 Å². The zero-order chi connectivity index (χ0) is 13.2. The fraction of sp³-hybridized carbons (Fsp3) is 0.385. The molecule has 1 saturated carbocycles. The average Bonchev–Trinajstić information content (AvgIpc) is 3.08. The second kappa shape index (κ2) is 4.98. The molecule has 1 unspecified atom stereocenters. The molecule has 96 valence electrons. The first-order chi connectivity index (χ1) is 8.55. The number of nitrogens with one attached hydrogen (secondary N) is 1. The Morgan fingerprint density at radius 2 is 2.06 bits per heavy atom. The largest absolute Gasteiger partial charge is 0.465 e. The number of hydrogen-bond donors (Lipinski definition) is 2. The monoisotopic (exact) mass is 267 g/mol. The molecule has 1 aromatic rings. The van der Waals surface area contributed by atoms with E-state index in [9.17, 15) is 9.59 Å². The van der Waals surface area contributed by atoms with Gasteiger partial charge in [0.25, 0.3) is 0 Å². The maximum Gasteiger partial charge on any atom is 0.405 e. The van der Waals surface area contributed by atoms with Crippen LogP contribution >= 0.6 is 11.6 Å². The molecule has 5 heteroatoms. The van der Waals surface area contributed by atoms with Crippen molar-refractivity contribution in [3.05, 3.63) is 34.9 Å². The summed E-state index contributed by atoms with van der Waals surface area (Å²) in [6, 6.07) is 7.25. The molecule has 1 atom stereocenters. The van der Waals surface area contributed by atoms with Crippen LogP contribution in [0.4, 0.5) is 4.79 Å². The van der Waals surface area contributed by atoms with Crippen molar-refractivity contribution in [2.24, 2.45) is 5.92 Å². The summed E-state index contributed by atoms with van der Waals surface area (Å²) >= 11 is 5.79. The summed E-state index contributed by atoms with van der Waals surface area (Å²) in [5.41, 5.74) is 0.419. The van der Waals surface area contributed by atoms with E-state index in [-0.39, 0.29) is 5.92 Å². The Morgan fingerprint density at radius 3 is 2.50 bits per heavy atom. The zero-order valence-electron chi connectivity index (χ0n) is 9.73. The molecule has 1 aliphatic carbocycles. The molecular weight excluding hydrogens is 254 g/mol. The van der Waals surface area contributed by atoms with Gasteiger partial charge in [-0.25, -0.2) is 4.79 Å². The van der Waals surface area contributed by atoms with Crippen LogP contribution < -0.4 is 5.32 Å². The highest BCUT2D eigenvalue weighted by Gasteiger charge is 2.50. The second-order valence-electron chi connectivity index (χ2n) is 4.66. The van der Waals surface area contributed by atoms with E-state index in [1.54, 1.807) is 12.1 Å². The van der Waals surface area contributed by atoms with E-state index in [2.05, 4.69) is 5.32 Å². The molecule has 0 saturated heterocycles. The molecule has 0 aliphatic heterocycles. The SMILES string of the molecule is O=CC(Cc1ccc(Cl)cc1)C1(NC(=O)O)CC1. The smallest absolute Gasteiger partial charge is 0.405 e. The van der Waals surface area contributed by atoms with E-state index in [4.69, 9.17) is 16.7 Å². The minimum Gasteiger partial charge on any atom is -0.465 e. The van der Waals surface area contributed by atoms with E-state index in [1.807, 2.05) is 12.1 Å². The fourth-order valence-electron chi connectivity index (χ4n) is 2.18. The maximum absolute atomic E-state index is 11.2. The van der Waals surface area contributed by atoms with Gasteiger partial charge >= 0.3 is 6.09 Å². The number of amides is 1. The van der Waals surface area contributed by atoms with Gasteiger partial charge in [-0.1, -0.05) is 23.7 Å². The summed E-state index contributed by atoms with van der Waals surface area (Å²) < 4.78 is 0. The van der Waals surface area contributed by atoms with Gasteiger partial charge in [-0.2, -0.15) is 0 Å². The van der Waals surface area contributed by atoms with Gasteiger partial charge in [-0.15, -0.1) is 0 Å². The van der Waals surface area contributed by atoms with Crippen molar-refractivity contribution in [1.82, 2.24) is 5.32 Å². The Kier molecular flexibility index (Phi) is 3.57. The lowest BCUT2D eigenvalue weighted by molar-refractivity contribution is -0.112. The van der Waals surface area contributed by atoms with Crippen molar-refractivity contribution < 1.29 is 14.7 Å². The molecule has 2 rings (SSSR count). The lowest BCUT2D eigenvalue weighted by Crippen LogP contribution is -2.43. The fourth-order valence-corrected chi connectivity index (χ4v) is 2.31. The van der Waals surface area contributed by atoms with Gasteiger partial charge in [0, 0.05) is 10.9 Å². The van der Waals surface area contributed by atoms with E-state index in [0.717, 1.165) is 24.7 Å². The average molecular weight is 268 g/mol. The molecule has 1 aliphatic rings. The normalized spacial score (nSPS) is 17.8. The van der Waals surface area contributed by atoms with Crippen molar-refractivity contribution in [2.45, 2.75) is 24.8 Å². The van der Waals surface area contributed by atoms with Crippen LogP contribution in [0.25, 0.3) is 0 Å². The number of carbonyl (C=O) groups is 2. The van der Waals surface area contributed by atoms with E-state index < -0.39 is 11.6 Å². The van der Waals surface area contributed by atoms with Crippen LogP contribution in [0.5, 0.6) is 0 Å². The van der Waals surface area contributed by atoms with Crippen molar-refractivity contribution in [3.8, 4) is 0 Å². The predicted octanol–water partition coefficient (Wildman–Crippen LogP) is 2.50. The first-order valence-electron chi connectivity index (χ1n) is 5.76. The highest BCUT2D eigenvalue weighted by molar-refractivity contribution is 6.30. The van der Waals surface area contributed by atoms with Crippen molar-refractivity contribution in [3.63, 3.8) is 0 Å². The Balaban J connectivity index is 2.08. The van der Waals surface area contributed by atoms with Gasteiger partial charge in [0.15, 0.2) is 0 Å². The predicted molar refractivity (Wildman–Crippen MR) is 67.8 cm³/mol. The molecule has 0 radical (unpaired) electrons. The van der Waals surface area contributed by atoms with E-state index >= 15 is 0 Å². The van der Waals surface area contributed by atoms with Crippen LogP contribution in [0, 0.1) is 5.92 Å². The summed E-state index contributed by atoms with van der Waals surface area (Å²) in [5.74, 6) is -0.324. The highest BCUT2D eigenvalue weighted by atomic mass is 35.5. The van der Waals surface area contributed by atoms with Crippen LogP contribution in [0.3, 0.4) is 0 Å². The number of hydrogen-bond acceptors (Lipinski definition) is 2. The summed E-state index contributed by atoms with van der Waals surface area (Å²) in [7, 11) is 0. The topological polar surface area (TPSA) is 66.4 Å². The third-order valence-corrected chi connectivity index (χ3v) is 3.64. The molecular formula is C13H14ClNO3. The first-order valence-corrected chi connectivity index (χ1v) is 6.14.